The molecule has 19 heavy (non-hydrogen) atoms. The van der Waals surface area contributed by atoms with Gasteiger partial charge in [0.1, 0.15) is 0 Å². The lowest BCUT2D eigenvalue weighted by atomic mass is 9.71. The Kier molecular flexibility index (Phi) is 5.52. The molecule has 1 aliphatic rings. The molecule has 2 N–H and O–H groups in total. The van der Waals surface area contributed by atoms with Crippen molar-refractivity contribution in [2.45, 2.75) is 31.1 Å². The third-order valence-electron chi connectivity index (χ3n) is 4.09. The molecule has 0 aromatic heterocycles. The fourth-order valence-corrected chi connectivity index (χ4v) is 3.30. The topological polar surface area (TPSA) is 24.1 Å². The highest BCUT2D eigenvalue weighted by Crippen LogP contribution is 2.38. The maximum atomic E-state index is 6.19. The summed E-state index contributed by atoms with van der Waals surface area (Å²) in [5, 5.41) is 8.07. The van der Waals surface area contributed by atoms with Crippen molar-refractivity contribution in [2.75, 3.05) is 26.7 Å². The van der Waals surface area contributed by atoms with Crippen molar-refractivity contribution >= 4 is 23.2 Å². The SMILES string of the molecule is CNCCC[C@@]1(c2ccc(Cl)c(Cl)c2)CCCNC1. The van der Waals surface area contributed by atoms with Crippen LogP contribution < -0.4 is 10.6 Å². The molecule has 0 saturated carbocycles. The van der Waals surface area contributed by atoms with Gasteiger partial charge in [-0.2, -0.15) is 0 Å². The molecule has 0 unspecified atom stereocenters. The molecule has 1 aliphatic heterocycles. The van der Waals surface area contributed by atoms with Crippen molar-refractivity contribution in [3.63, 3.8) is 0 Å². The van der Waals surface area contributed by atoms with Crippen molar-refractivity contribution in [1.82, 2.24) is 10.6 Å². The van der Waals surface area contributed by atoms with E-state index in [4.69, 9.17) is 23.2 Å². The average molecular weight is 301 g/mol. The lowest BCUT2D eigenvalue weighted by Gasteiger charge is -2.38. The second kappa shape index (κ2) is 6.94. The van der Waals surface area contributed by atoms with Crippen LogP contribution in [0.1, 0.15) is 31.2 Å². The lowest BCUT2D eigenvalue weighted by Crippen LogP contribution is -2.43. The molecule has 0 aliphatic carbocycles. The molecule has 1 aromatic carbocycles. The Labute approximate surface area is 125 Å². The smallest absolute Gasteiger partial charge is 0.0595 e. The number of rotatable bonds is 5. The first-order valence-electron chi connectivity index (χ1n) is 6.99. The fraction of sp³-hybridized carbons (Fsp3) is 0.600. The first kappa shape index (κ1) is 15.1. The molecule has 0 spiro atoms. The third-order valence-corrected chi connectivity index (χ3v) is 4.83. The maximum Gasteiger partial charge on any atom is 0.0595 e. The summed E-state index contributed by atoms with van der Waals surface area (Å²) in [7, 11) is 2.00. The van der Waals surface area contributed by atoms with Crippen LogP contribution in [0.2, 0.25) is 10.0 Å². The minimum absolute atomic E-state index is 0.212. The molecule has 2 rings (SSSR count). The number of piperidine rings is 1. The highest BCUT2D eigenvalue weighted by atomic mass is 35.5. The van der Waals surface area contributed by atoms with Gasteiger partial charge in [0.05, 0.1) is 10.0 Å². The van der Waals surface area contributed by atoms with Gasteiger partial charge in [-0.15, -0.1) is 0 Å². The second-order valence-electron chi connectivity index (χ2n) is 5.40. The number of hydrogen-bond acceptors (Lipinski definition) is 2. The Morgan fingerprint density at radius 2 is 2.16 bits per heavy atom. The van der Waals surface area contributed by atoms with Crippen molar-refractivity contribution in [3.8, 4) is 0 Å². The molecule has 0 amide bonds. The third kappa shape index (κ3) is 3.63. The molecule has 1 atom stereocenters. The molecule has 1 saturated heterocycles. The highest BCUT2D eigenvalue weighted by molar-refractivity contribution is 6.42. The van der Waals surface area contributed by atoms with Gasteiger partial charge in [-0.3, -0.25) is 0 Å². The number of halogens is 2. The summed E-state index contributed by atoms with van der Waals surface area (Å²) in [6.07, 6.45) is 4.80. The minimum atomic E-state index is 0.212. The van der Waals surface area contributed by atoms with Crippen LogP contribution in [0.25, 0.3) is 0 Å². The molecule has 2 nitrogen and oxygen atoms in total. The number of hydrogen-bond donors (Lipinski definition) is 2. The normalized spacial score (nSPS) is 23.5. The van der Waals surface area contributed by atoms with E-state index in [0.717, 1.165) is 19.6 Å². The van der Waals surface area contributed by atoms with Crippen LogP contribution in [0.5, 0.6) is 0 Å². The van der Waals surface area contributed by atoms with Gasteiger partial charge in [0.2, 0.25) is 0 Å². The first-order chi connectivity index (χ1) is 9.18. The van der Waals surface area contributed by atoms with Gasteiger partial charge in [0, 0.05) is 12.0 Å². The minimum Gasteiger partial charge on any atom is -0.320 e. The van der Waals surface area contributed by atoms with E-state index in [0.29, 0.717) is 10.0 Å². The van der Waals surface area contributed by atoms with Crippen LogP contribution >= 0.6 is 23.2 Å². The number of nitrogens with one attached hydrogen (secondary N) is 2. The van der Waals surface area contributed by atoms with E-state index >= 15 is 0 Å². The van der Waals surface area contributed by atoms with E-state index in [1.165, 1.54) is 31.2 Å². The predicted molar refractivity (Wildman–Crippen MR) is 83.4 cm³/mol. The molecule has 106 valence electrons. The van der Waals surface area contributed by atoms with Crippen LogP contribution in [0.3, 0.4) is 0 Å². The highest BCUT2D eigenvalue weighted by Gasteiger charge is 2.33. The summed E-state index contributed by atoms with van der Waals surface area (Å²) in [5.41, 5.74) is 1.54. The van der Waals surface area contributed by atoms with Crippen LogP contribution in [0, 0.1) is 0 Å². The first-order valence-corrected chi connectivity index (χ1v) is 7.74. The Balaban J connectivity index is 2.22. The Bertz CT molecular complexity index is 415. The van der Waals surface area contributed by atoms with Gasteiger partial charge in [-0.25, -0.2) is 0 Å². The van der Waals surface area contributed by atoms with E-state index in [-0.39, 0.29) is 5.41 Å². The van der Waals surface area contributed by atoms with Crippen LogP contribution in [0.4, 0.5) is 0 Å². The summed E-state index contributed by atoms with van der Waals surface area (Å²) < 4.78 is 0. The zero-order valence-corrected chi connectivity index (χ0v) is 12.9. The quantitative estimate of drug-likeness (QED) is 0.812. The Hall–Kier alpha value is -0.280. The molecular formula is C15H22Cl2N2. The Morgan fingerprint density at radius 1 is 1.32 bits per heavy atom. The average Bonchev–Trinajstić information content (AvgIpc) is 2.43. The van der Waals surface area contributed by atoms with Crippen LogP contribution in [-0.2, 0) is 5.41 Å². The largest absolute Gasteiger partial charge is 0.320 e. The van der Waals surface area contributed by atoms with E-state index in [1.54, 1.807) is 0 Å². The monoisotopic (exact) mass is 300 g/mol. The van der Waals surface area contributed by atoms with Crippen molar-refractivity contribution in [2.24, 2.45) is 0 Å². The van der Waals surface area contributed by atoms with E-state index in [2.05, 4.69) is 22.8 Å². The van der Waals surface area contributed by atoms with Crippen LogP contribution in [0.15, 0.2) is 18.2 Å². The van der Waals surface area contributed by atoms with Gasteiger partial charge in [0.25, 0.3) is 0 Å². The van der Waals surface area contributed by atoms with Gasteiger partial charge in [-0.1, -0.05) is 29.3 Å². The van der Waals surface area contributed by atoms with Crippen molar-refractivity contribution in [3.05, 3.63) is 33.8 Å². The second-order valence-corrected chi connectivity index (χ2v) is 6.21. The fourth-order valence-electron chi connectivity index (χ4n) is 3.00. The summed E-state index contributed by atoms with van der Waals surface area (Å²) >= 11 is 12.2. The lowest BCUT2D eigenvalue weighted by molar-refractivity contribution is 0.286. The number of benzene rings is 1. The molecule has 4 heteroatoms. The summed E-state index contributed by atoms with van der Waals surface area (Å²) in [4.78, 5) is 0. The van der Waals surface area contributed by atoms with Crippen molar-refractivity contribution in [1.29, 1.82) is 0 Å². The summed E-state index contributed by atoms with van der Waals surface area (Å²) in [6, 6.07) is 6.12. The zero-order valence-electron chi connectivity index (χ0n) is 11.4. The molecule has 0 radical (unpaired) electrons. The molecule has 1 heterocycles. The molecule has 1 fully saturated rings. The van der Waals surface area contributed by atoms with E-state index in [1.807, 2.05) is 13.1 Å². The summed E-state index contributed by atoms with van der Waals surface area (Å²) in [5.74, 6) is 0. The van der Waals surface area contributed by atoms with Gasteiger partial charge < -0.3 is 10.6 Å². The van der Waals surface area contributed by atoms with Gasteiger partial charge in [-0.05, 0) is 63.5 Å². The molecule has 1 aromatic rings. The summed E-state index contributed by atoms with van der Waals surface area (Å²) in [6.45, 7) is 3.22. The van der Waals surface area contributed by atoms with Crippen LogP contribution in [-0.4, -0.2) is 26.7 Å². The van der Waals surface area contributed by atoms with Crippen molar-refractivity contribution < 1.29 is 0 Å². The maximum absolute atomic E-state index is 6.19. The van der Waals surface area contributed by atoms with Gasteiger partial charge in [0.15, 0.2) is 0 Å². The predicted octanol–water partition coefficient (Wildman–Crippen LogP) is 3.61. The zero-order chi connectivity index (χ0) is 13.7. The Morgan fingerprint density at radius 3 is 2.79 bits per heavy atom. The van der Waals surface area contributed by atoms with E-state index < -0.39 is 0 Å². The molecule has 0 bridgehead atoms. The van der Waals surface area contributed by atoms with Gasteiger partial charge >= 0.3 is 0 Å². The standard InChI is InChI=1S/C15H22Cl2N2/c1-18-8-2-6-15(7-3-9-19-11-15)12-4-5-13(16)14(17)10-12/h4-5,10,18-19H,2-3,6-9,11H2,1H3/t15-/m1/s1. The van der Waals surface area contributed by atoms with E-state index in [9.17, 15) is 0 Å². The molecular weight excluding hydrogens is 279 g/mol.